The fourth-order valence-corrected chi connectivity index (χ4v) is 2.56. The monoisotopic (exact) mass is 273 g/mol. The van der Waals surface area contributed by atoms with Crippen molar-refractivity contribution in [3.8, 4) is 0 Å². The van der Waals surface area contributed by atoms with Crippen molar-refractivity contribution >= 4 is 0 Å². The van der Waals surface area contributed by atoms with Crippen LogP contribution in [0.5, 0.6) is 0 Å². The average molecular weight is 273 g/mol. The third-order valence-corrected chi connectivity index (χ3v) is 3.64. The molecule has 0 aliphatic rings. The predicted molar refractivity (Wildman–Crippen MR) is 90.2 cm³/mol. The van der Waals surface area contributed by atoms with Gasteiger partial charge in [-0.2, -0.15) is 0 Å². The van der Waals surface area contributed by atoms with Gasteiger partial charge in [0.15, 0.2) is 0 Å². The van der Waals surface area contributed by atoms with Gasteiger partial charge in [0.1, 0.15) is 0 Å². The van der Waals surface area contributed by atoms with Gasteiger partial charge in [0.2, 0.25) is 0 Å². The van der Waals surface area contributed by atoms with E-state index in [4.69, 9.17) is 0 Å². The van der Waals surface area contributed by atoms with Gasteiger partial charge in [-0.05, 0) is 49.3 Å². The van der Waals surface area contributed by atoms with Crippen LogP contribution in [0, 0.1) is 0 Å². The largest absolute Gasteiger partial charge is 0.310 e. The lowest BCUT2D eigenvalue weighted by Crippen LogP contribution is -2.26. The number of allylic oxidation sites excluding steroid dienone is 1. The number of benzene rings is 1. The second kappa shape index (κ2) is 7.64. The molecule has 20 heavy (non-hydrogen) atoms. The highest BCUT2D eigenvalue weighted by Crippen LogP contribution is 2.31. The molecular weight excluding hydrogens is 242 g/mol. The standard InChI is InChI=1S/C19H31N/c1-7-14-20-18(13-12-15(2)3)16-10-8-9-11-17(16)19(4,5)6/h8-11,18,20H,2,7,12-14H2,1,3-6H3. The van der Waals surface area contributed by atoms with Crippen LogP contribution in [0.3, 0.4) is 0 Å². The van der Waals surface area contributed by atoms with Gasteiger partial charge in [-0.3, -0.25) is 0 Å². The molecule has 0 amide bonds. The van der Waals surface area contributed by atoms with Gasteiger partial charge in [0, 0.05) is 6.04 Å². The van der Waals surface area contributed by atoms with Crippen LogP contribution in [-0.2, 0) is 5.41 Å². The highest BCUT2D eigenvalue weighted by Gasteiger charge is 2.21. The molecule has 1 heteroatoms. The van der Waals surface area contributed by atoms with Gasteiger partial charge < -0.3 is 5.32 Å². The summed E-state index contributed by atoms with van der Waals surface area (Å²) in [5.41, 5.74) is 4.36. The Labute approximate surface area is 125 Å². The van der Waals surface area contributed by atoms with Crippen LogP contribution < -0.4 is 5.32 Å². The molecule has 0 aliphatic carbocycles. The van der Waals surface area contributed by atoms with Crippen LogP contribution in [0.2, 0.25) is 0 Å². The highest BCUT2D eigenvalue weighted by molar-refractivity contribution is 5.35. The summed E-state index contributed by atoms with van der Waals surface area (Å²) in [5.74, 6) is 0. The molecule has 1 aromatic rings. The van der Waals surface area contributed by atoms with Crippen molar-refractivity contribution in [2.75, 3.05) is 6.54 Å². The first-order valence-electron chi connectivity index (χ1n) is 7.83. The first kappa shape index (κ1) is 17.0. The Kier molecular flexibility index (Phi) is 6.48. The Bertz CT molecular complexity index is 426. The van der Waals surface area contributed by atoms with Gasteiger partial charge in [-0.25, -0.2) is 0 Å². The molecule has 0 radical (unpaired) electrons. The zero-order valence-corrected chi connectivity index (χ0v) is 13.9. The summed E-state index contributed by atoms with van der Waals surface area (Å²) < 4.78 is 0. The van der Waals surface area contributed by atoms with E-state index in [1.165, 1.54) is 23.1 Å². The van der Waals surface area contributed by atoms with Gasteiger partial charge in [0.05, 0.1) is 0 Å². The second-order valence-corrected chi connectivity index (χ2v) is 6.84. The summed E-state index contributed by atoms with van der Waals surface area (Å²) in [6.45, 7) is 16.3. The molecule has 0 aliphatic heterocycles. The number of nitrogens with one attached hydrogen (secondary N) is 1. The molecule has 0 spiro atoms. The van der Waals surface area contributed by atoms with E-state index in [9.17, 15) is 0 Å². The van der Waals surface area contributed by atoms with Crippen molar-refractivity contribution in [3.05, 3.63) is 47.5 Å². The summed E-state index contributed by atoms with van der Waals surface area (Å²) in [4.78, 5) is 0. The molecule has 0 saturated carbocycles. The molecule has 0 bridgehead atoms. The van der Waals surface area contributed by atoms with Crippen LogP contribution in [-0.4, -0.2) is 6.54 Å². The maximum Gasteiger partial charge on any atom is 0.0326 e. The lowest BCUT2D eigenvalue weighted by molar-refractivity contribution is 0.481. The molecule has 0 saturated heterocycles. The van der Waals surface area contributed by atoms with Crippen molar-refractivity contribution in [1.82, 2.24) is 5.32 Å². The molecule has 1 rings (SSSR count). The average Bonchev–Trinajstić information content (AvgIpc) is 2.37. The van der Waals surface area contributed by atoms with Crippen LogP contribution in [0.4, 0.5) is 0 Å². The Hall–Kier alpha value is -1.08. The van der Waals surface area contributed by atoms with E-state index in [0.717, 1.165) is 19.4 Å². The smallest absolute Gasteiger partial charge is 0.0326 e. The van der Waals surface area contributed by atoms with Crippen LogP contribution in [0.1, 0.15) is 71.0 Å². The lowest BCUT2D eigenvalue weighted by atomic mass is 9.81. The number of rotatable bonds is 7. The summed E-state index contributed by atoms with van der Waals surface area (Å²) in [6, 6.07) is 9.30. The molecule has 0 fully saturated rings. The summed E-state index contributed by atoms with van der Waals surface area (Å²) >= 11 is 0. The third-order valence-electron chi connectivity index (χ3n) is 3.64. The van der Waals surface area contributed by atoms with Gasteiger partial charge in [0.25, 0.3) is 0 Å². The number of hydrogen-bond acceptors (Lipinski definition) is 1. The molecule has 1 atom stereocenters. The Morgan fingerprint density at radius 3 is 2.45 bits per heavy atom. The van der Waals surface area contributed by atoms with Crippen molar-refractivity contribution in [2.45, 2.75) is 65.3 Å². The van der Waals surface area contributed by atoms with E-state index < -0.39 is 0 Å². The molecule has 1 aromatic carbocycles. The van der Waals surface area contributed by atoms with Gasteiger partial charge >= 0.3 is 0 Å². The minimum atomic E-state index is 0.186. The fourth-order valence-electron chi connectivity index (χ4n) is 2.56. The molecule has 1 nitrogen and oxygen atoms in total. The van der Waals surface area contributed by atoms with Crippen LogP contribution in [0.25, 0.3) is 0 Å². The molecule has 1 N–H and O–H groups in total. The van der Waals surface area contributed by atoms with E-state index >= 15 is 0 Å². The van der Waals surface area contributed by atoms with E-state index in [2.05, 4.69) is 70.8 Å². The number of hydrogen-bond donors (Lipinski definition) is 1. The minimum Gasteiger partial charge on any atom is -0.310 e. The lowest BCUT2D eigenvalue weighted by Gasteiger charge is -2.28. The zero-order chi connectivity index (χ0) is 15.2. The Morgan fingerprint density at radius 2 is 1.90 bits per heavy atom. The van der Waals surface area contributed by atoms with Crippen molar-refractivity contribution in [3.63, 3.8) is 0 Å². The SMILES string of the molecule is C=C(C)CCC(NCCC)c1ccccc1C(C)(C)C. The molecule has 0 aromatic heterocycles. The maximum absolute atomic E-state index is 4.04. The van der Waals surface area contributed by atoms with E-state index in [-0.39, 0.29) is 5.41 Å². The second-order valence-electron chi connectivity index (χ2n) is 6.84. The quantitative estimate of drug-likeness (QED) is 0.658. The van der Waals surface area contributed by atoms with Crippen molar-refractivity contribution in [1.29, 1.82) is 0 Å². The maximum atomic E-state index is 4.04. The summed E-state index contributed by atoms with van der Waals surface area (Å²) in [7, 11) is 0. The minimum absolute atomic E-state index is 0.186. The normalized spacial score (nSPS) is 13.2. The predicted octanol–water partition coefficient (Wildman–Crippen LogP) is 5.38. The molecular formula is C19H31N. The fraction of sp³-hybridized carbons (Fsp3) is 0.579. The van der Waals surface area contributed by atoms with Crippen LogP contribution in [0.15, 0.2) is 36.4 Å². The van der Waals surface area contributed by atoms with Crippen molar-refractivity contribution in [2.24, 2.45) is 0 Å². The highest BCUT2D eigenvalue weighted by atomic mass is 14.9. The Morgan fingerprint density at radius 1 is 1.25 bits per heavy atom. The molecule has 1 unspecified atom stereocenters. The molecule has 112 valence electrons. The topological polar surface area (TPSA) is 12.0 Å². The van der Waals surface area contributed by atoms with Crippen molar-refractivity contribution < 1.29 is 0 Å². The van der Waals surface area contributed by atoms with E-state index in [0.29, 0.717) is 6.04 Å². The first-order valence-corrected chi connectivity index (χ1v) is 7.83. The van der Waals surface area contributed by atoms with E-state index in [1.807, 2.05) is 0 Å². The Balaban J connectivity index is 3.02. The molecule has 0 heterocycles. The third kappa shape index (κ3) is 5.13. The van der Waals surface area contributed by atoms with Gasteiger partial charge in [-0.15, -0.1) is 6.58 Å². The summed E-state index contributed by atoms with van der Waals surface area (Å²) in [5, 5.41) is 3.71. The zero-order valence-electron chi connectivity index (χ0n) is 13.9. The van der Waals surface area contributed by atoms with E-state index in [1.54, 1.807) is 0 Å². The first-order chi connectivity index (χ1) is 9.36. The van der Waals surface area contributed by atoms with Crippen LogP contribution >= 0.6 is 0 Å². The summed E-state index contributed by atoms with van der Waals surface area (Å²) in [6.07, 6.45) is 3.38. The van der Waals surface area contributed by atoms with Gasteiger partial charge in [-0.1, -0.05) is 57.5 Å².